The maximum atomic E-state index is 13.5. The molecule has 2 saturated heterocycles. The zero-order valence-electron chi connectivity index (χ0n) is 14.7. The second kappa shape index (κ2) is 6.66. The number of nitrogens with one attached hydrogen (secondary N) is 1. The highest BCUT2D eigenvalue weighted by atomic mass is 19.2. The molecule has 2 aliphatic heterocycles. The molecule has 6 nitrogen and oxygen atoms in total. The lowest BCUT2D eigenvalue weighted by molar-refractivity contribution is -0.139. The Morgan fingerprint density at radius 2 is 1.88 bits per heavy atom. The largest absolute Gasteiger partial charge is 0.341 e. The summed E-state index contributed by atoms with van der Waals surface area (Å²) < 4.78 is 26.7. The van der Waals surface area contributed by atoms with Crippen molar-refractivity contribution in [2.24, 2.45) is 5.92 Å². The number of halogens is 2. The molecule has 2 aliphatic rings. The fourth-order valence-corrected chi connectivity index (χ4v) is 3.34. The molecule has 0 radical (unpaired) electrons. The molecule has 26 heavy (non-hydrogen) atoms. The van der Waals surface area contributed by atoms with Gasteiger partial charge in [-0.05, 0) is 43.4 Å². The number of rotatable bonds is 3. The highest BCUT2D eigenvalue weighted by molar-refractivity contribution is 6.09. The van der Waals surface area contributed by atoms with E-state index in [1.807, 2.05) is 0 Å². The van der Waals surface area contributed by atoms with Gasteiger partial charge in [0.1, 0.15) is 12.1 Å². The summed E-state index contributed by atoms with van der Waals surface area (Å²) in [5.41, 5.74) is -1.42. The first-order chi connectivity index (χ1) is 12.2. The van der Waals surface area contributed by atoms with Crippen molar-refractivity contribution in [3.63, 3.8) is 0 Å². The Kier molecular flexibility index (Phi) is 4.68. The molecular formula is C18H21F2N3O3. The summed E-state index contributed by atoms with van der Waals surface area (Å²) >= 11 is 0. The Morgan fingerprint density at radius 1 is 1.23 bits per heavy atom. The van der Waals surface area contributed by atoms with E-state index in [0.717, 1.165) is 29.9 Å². The number of urea groups is 1. The van der Waals surface area contributed by atoms with Gasteiger partial charge in [0.2, 0.25) is 5.91 Å². The average Bonchev–Trinajstić information content (AvgIpc) is 2.82. The third-order valence-corrected chi connectivity index (χ3v) is 5.20. The molecule has 2 heterocycles. The molecule has 1 unspecified atom stereocenters. The van der Waals surface area contributed by atoms with Gasteiger partial charge in [0.05, 0.1) is 0 Å². The zero-order chi connectivity index (χ0) is 19.1. The normalized spacial score (nSPS) is 24.2. The smallest absolute Gasteiger partial charge is 0.325 e. The van der Waals surface area contributed by atoms with Crippen LogP contribution in [0.4, 0.5) is 13.6 Å². The first-order valence-corrected chi connectivity index (χ1v) is 8.60. The third kappa shape index (κ3) is 3.15. The minimum atomic E-state index is -1.54. The zero-order valence-corrected chi connectivity index (χ0v) is 14.7. The number of hydrogen-bond acceptors (Lipinski definition) is 3. The number of carbonyl (C=O) groups is 3. The summed E-state index contributed by atoms with van der Waals surface area (Å²) in [5.74, 6) is -2.56. The van der Waals surface area contributed by atoms with Crippen molar-refractivity contribution in [3.05, 3.63) is 35.4 Å². The topological polar surface area (TPSA) is 69.7 Å². The molecule has 0 spiro atoms. The van der Waals surface area contributed by atoms with Gasteiger partial charge in [-0.3, -0.25) is 14.5 Å². The molecule has 1 atom stereocenters. The van der Waals surface area contributed by atoms with Gasteiger partial charge in [-0.25, -0.2) is 13.6 Å². The maximum Gasteiger partial charge on any atom is 0.325 e. The quantitative estimate of drug-likeness (QED) is 0.833. The number of piperidine rings is 1. The lowest BCUT2D eigenvalue weighted by Crippen LogP contribution is -2.46. The summed E-state index contributed by atoms with van der Waals surface area (Å²) in [5, 5.41) is 2.49. The Balaban J connectivity index is 1.76. The summed E-state index contributed by atoms with van der Waals surface area (Å²) in [7, 11) is 0. The van der Waals surface area contributed by atoms with E-state index < -0.39 is 29.1 Å². The molecule has 1 N–H and O–H groups in total. The van der Waals surface area contributed by atoms with Crippen LogP contribution in [0.25, 0.3) is 0 Å². The van der Waals surface area contributed by atoms with Crippen molar-refractivity contribution in [1.29, 1.82) is 0 Å². The molecule has 0 saturated carbocycles. The van der Waals surface area contributed by atoms with Crippen LogP contribution in [-0.2, 0) is 15.1 Å². The second-order valence-corrected chi connectivity index (χ2v) is 7.14. The molecule has 8 heteroatoms. The number of likely N-dealkylation sites (tertiary alicyclic amines) is 1. The Bertz CT molecular complexity index is 762. The van der Waals surface area contributed by atoms with E-state index in [1.54, 1.807) is 4.90 Å². The minimum absolute atomic E-state index is 0.122. The lowest BCUT2D eigenvalue weighted by atomic mass is 9.92. The van der Waals surface area contributed by atoms with Crippen molar-refractivity contribution in [2.75, 3.05) is 19.6 Å². The van der Waals surface area contributed by atoms with Crippen molar-refractivity contribution >= 4 is 17.8 Å². The summed E-state index contributed by atoms with van der Waals surface area (Å²) in [6.07, 6.45) is 1.77. The van der Waals surface area contributed by atoms with Crippen LogP contribution in [-0.4, -0.2) is 47.3 Å². The van der Waals surface area contributed by atoms with E-state index in [2.05, 4.69) is 12.2 Å². The monoisotopic (exact) mass is 365 g/mol. The van der Waals surface area contributed by atoms with Crippen molar-refractivity contribution in [2.45, 2.75) is 32.2 Å². The first kappa shape index (κ1) is 18.3. The van der Waals surface area contributed by atoms with E-state index in [4.69, 9.17) is 0 Å². The van der Waals surface area contributed by atoms with Crippen LogP contribution in [0.2, 0.25) is 0 Å². The summed E-state index contributed by atoms with van der Waals surface area (Å²) in [6, 6.07) is 2.30. The predicted octanol–water partition coefficient (Wildman–Crippen LogP) is 1.99. The Morgan fingerprint density at radius 3 is 2.50 bits per heavy atom. The number of amides is 4. The van der Waals surface area contributed by atoms with Crippen molar-refractivity contribution in [3.8, 4) is 0 Å². The van der Waals surface area contributed by atoms with E-state index in [-0.39, 0.29) is 18.0 Å². The molecule has 1 aromatic rings. The van der Waals surface area contributed by atoms with Crippen LogP contribution in [0.15, 0.2) is 18.2 Å². The van der Waals surface area contributed by atoms with Crippen LogP contribution >= 0.6 is 0 Å². The Labute approximate surface area is 150 Å². The standard InChI is InChI=1S/C18H21F2N3O3/c1-11-5-7-22(8-6-11)15(24)10-23-16(25)18(2,21-17(23)26)12-3-4-13(19)14(20)9-12/h3-4,9,11H,5-8,10H2,1-2H3,(H,21,26). The fourth-order valence-electron chi connectivity index (χ4n) is 3.34. The van der Waals surface area contributed by atoms with E-state index >= 15 is 0 Å². The van der Waals surface area contributed by atoms with Crippen LogP contribution in [0, 0.1) is 17.6 Å². The number of imide groups is 1. The first-order valence-electron chi connectivity index (χ1n) is 8.60. The molecule has 3 rings (SSSR count). The summed E-state index contributed by atoms with van der Waals surface area (Å²) in [4.78, 5) is 39.9. The number of carbonyl (C=O) groups excluding carboxylic acids is 3. The highest BCUT2D eigenvalue weighted by Crippen LogP contribution is 2.30. The molecule has 140 valence electrons. The van der Waals surface area contributed by atoms with Gasteiger partial charge >= 0.3 is 6.03 Å². The molecule has 0 aliphatic carbocycles. The van der Waals surface area contributed by atoms with Crippen LogP contribution < -0.4 is 5.32 Å². The Hall–Kier alpha value is -2.51. The molecule has 4 amide bonds. The van der Waals surface area contributed by atoms with Crippen molar-refractivity contribution in [1.82, 2.24) is 15.1 Å². The molecule has 1 aromatic carbocycles. The molecule has 2 fully saturated rings. The van der Waals surface area contributed by atoms with Gasteiger partial charge in [-0.15, -0.1) is 0 Å². The number of benzene rings is 1. The van der Waals surface area contributed by atoms with Crippen LogP contribution in [0.5, 0.6) is 0 Å². The minimum Gasteiger partial charge on any atom is -0.341 e. The summed E-state index contributed by atoms with van der Waals surface area (Å²) in [6.45, 7) is 4.37. The maximum absolute atomic E-state index is 13.5. The van der Waals surface area contributed by atoms with Gasteiger partial charge in [0, 0.05) is 13.1 Å². The second-order valence-electron chi connectivity index (χ2n) is 7.14. The molecule has 0 aromatic heterocycles. The third-order valence-electron chi connectivity index (χ3n) is 5.20. The van der Waals surface area contributed by atoms with Gasteiger partial charge in [-0.1, -0.05) is 13.0 Å². The number of nitrogens with zero attached hydrogens (tertiary/aromatic N) is 2. The predicted molar refractivity (Wildman–Crippen MR) is 88.9 cm³/mol. The molecule has 0 bridgehead atoms. The van der Waals surface area contributed by atoms with E-state index in [0.29, 0.717) is 19.0 Å². The highest BCUT2D eigenvalue weighted by Gasteiger charge is 2.50. The lowest BCUT2D eigenvalue weighted by Gasteiger charge is -2.31. The fraction of sp³-hybridized carbons (Fsp3) is 0.500. The van der Waals surface area contributed by atoms with E-state index in [1.165, 1.54) is 13.0 Å². The van der Waals surface area contributed by atoms with Gasteiger partial charge in [0.15, 0.2) is 11.6 Å². The van der Waals surface area contributed by atoms with Gasteiger partial charge in [-0.2, -0.15) is 0 Å². The SMILES string of the molecule is CC1CCN(C(=O)CN2C(=O)NC(C)(c3ccc(F)c(F)c3)C2=O)CC1. The van der Waals surface area contributed by atoms with Crippen LogP contribution in [0.3, 0.4) is 0 Å². The van der Waals surface area contributed by atoms with Crippen LogP contribution in [0.1, 0.15) is 32.3 Å². The van der Waals surface area contributed by atoms with E-state index in [9.17, 15) is 23.2 Å². The average molecular weight is 365 g/mol. The van der Waals surface area contributed by atoms with Gasteiger partial charge < -0.3 is 10.2 Å². The van der Waals surface area contributed by atoms with Gasteiger partial charge in [0.25, 0.3) is 5.91 Å². The molecular weight excluding hydrogens is 344 g/mol. The van der Waals surface area contributed by atoms with Crippen molar-refractivity contribution < 1.29 is 23.2 Å². The number of hydrogen-bond donors (Lipinski definition) is 1.